The number of benzene rings is 2. The van der Waals surface area contributed by atoms with Gasteiger partial charge in [0, 0.05) is 36.5 Å². The fraction of sp³-hybridized carbons (Fsp3) is 0.261. The first-order chi connectivity index (χ1) is 14.5. The molecule has 30 heavy (non-hydrogen) atoms. The number of hydrogen-bond donors (Lipinski definition) is 1. The van der Waals surface area contributed by atoms with Gasteiger partial charge in [0.15, 0.2) is 0 Å². The van der Waals surface area contributed by atoms with Gasteiger partial charge >= 0.3 is 5.97 Å². The minimum Gasteiger partial charge on any atom is -0.493 e. The summed E-state index contributed by atoms with van der Waals surface area (Å²) in [5.74, 6) is -1.43. The number of Topliss-reactive ketones (excluding diaryl/α,β-unsaturated/α-hetero) is 1. The summed E-state index contributed by atoms with van der Waals surface area (Å²) in [6.07, 6.45) is 2.54. The van der Waals surface area contributed by atoms with Crippen LogP contribution in [0.3, 0.4) is 0 Å². The fourth-order valence-electron chi connectivity index (χ4n) is 3.13. The summed E-state index contributed by atoms with van der Waals surface area (Å²) in [5.41, 5.74) is 7.35. The first-order valence-electron chi connectivity index (χ1n) is 9.79. The molecule has 0 aliphatic rings. The van der Waals surface area contributed by atoms with E-state index in [2.05, 4.69) is 0 Å². The maximum absolute atomic E-state index is 12.3. The van der Waals surface area contributed by atoms with Gasteiger partial charge in [-0.2, -0.15) is 0 Å². The van der Waals surface area contributed by atoms with E-state index in [4.69, 9.17) is 15.2 Å². The van der Waals surface area contributed by atoms with Crippen LogP contribution >= 0.6 is 0 Å². The molecule has 0 aliphatic carbocycles. The molecule has 1 heterocycles. The molecule has 1 amide bonds. The number of esters is 1. The number of carbonyl (C=O) groups is 3. The number of ether oxygens (including phenoxy) is 2. The highest BCUT2D eigenvalue weighted by atomic mass is 16.5. The Morgan fingerprint density at radius 1 is 1.03 bits per heavy atom. The summed E-state index contributed by atoms with van der Waals surface area (Å²) < 4.78 is 12.7. The number of hydrogen-bond acceptors (Lipinski definition) is 5. The Hall–Kier alpha value is -3.61. The summed E-state index contributed by atoms with van der Waals surface area (Å²) in [5, 5.41) is 0.602. The molecular formula is C23H24N2O5. The highest BCUT2D eigenvalue weighted by molar-refractivity contribution is 6.44. The lowest BCUT2D eigenvalue weighted by Gasteiger charge is -2.09. The predicted octanol–water partition coefficient (Wildman–Crippen LogP) is 3.08. The van der Waals surface area contributed by atoms with Crippen molar-refractivity contribution < 1.29 is 23.9 Å². The first-order valence-corrected chi connectivity index (χ1v) is 9.79. The third kappa shape index (κ3) is 5.05. The van der Waals surface area contributed by atoms with Crippen molar-refractivity contribution in [2.75, 3.05) is 13.2 Å². The molecule has 7 heteroatoms. The van der Waals surface area contributed by atoms with Gasteiger partial charge in [-0.25, -0.2) is 0 Å². The van der Waals surface area contributed by atoms with Gasteiger partial charge in [0.25, 0.3) is 11.7 Å². The molecule has 0 saturated heterocycles. The standard InChI is InChI=1S/C23H24N2O5/c1-2-21(26)30-12-6-11-29-17-9-10-20-18(13-17)19(22(27)23(24)28)15-25(20)14-16-7-4-3-5-8-16/h3-5,7-10,13,15H,2,6,11-12,14H2,1H3,(H2,24,28). The number of rotatable bonds is 10. The van der Waals surface area contributed by atoms with E-state index in [1.165, 1.54) is 0 Å². The molecule has 2 N–H and O–H groups in total. The second kappa shape index (κ2) is 9.73. The lowest BCUT2D eigenvalue weighted by molar-refractivity contribution is -0.143. The van der Waals surface area contributed by atoms with E-state index in [-0.39, 0.29) is 18.1 Å². The van der Waals surface area contributed by atoms with Gasteiger partial charge in [-0.05, 0) is 23.8 Å². The number of primary amides is 1. The van der Waals surface area contributed by atoms with Crippen LogP contribution in [0.5, 0.6) is 5.75 Å². The summed E-state index contributed by atoms with van der Waals surface area (Å²) in [6, 6.07) is 15.2. The van der Waals surface area contributed by atoms with E-state index >= 15 is 0 Å². The molecule has 156 valence electrons. The molecule has 0 spiro atoms. The Bertz CT molecular complexity index is 1060. The molecule has 0 atom stereocenters. The molecule has 3 aromatic rings. The van der Waals surface area contributed by atoms with Crippen LogP contribution in [0.1, 0.15) is 35.7 Å². The van der Waals surface area contributed by atoms with E-state index in [9.17, 15) is 14.4 Å². The van der Waals surface area contributed by atoms with E-state index < -0.39 is 11.7 Å². The van der Waals surface area contributed by atoms with Crippen molar-refractivity contribution in [3.05, 3.63) is 65.9 Å². The van der Waals surface area contributed by atoms with Crippen LogP contribution in [0.4, 0.5) is 0 Å². The molecule has 0 aliphatic heterocycles. The van der Waals surface area contributed by atoms with Crippen LogP contribution in [0.15, 0.2) is 54.7 Å². The van der Waals surface area contributed by atoms with Crippen LogP contribution in [-0.4, -0.2) is 35.4 Å². The normalized spacial score (nSPS) is 10.7. The molecule has 0 radical (unpaired) electrons. The molecule has 0 bridgehead atoms. The number of amides is 1. The Morgan fingerprint density at radius 3 is 2.50 bits per heavy atom. The zero-order valence-corrected chi connectivity index (χ0v) is 16.8. The van der Waals surface area contributed by atoms with Gasteiger partial charge in [-0.1, -0.05) is 37.3 Å². The predicted molar refractivity (Wildman–Crippen MR) is 112 cm³/mol. The third-order valence-corrected chi connectivity index (χ3v) is 4.63. The van der Waals surface area contributed by atoms with Crippen molar-refractivity contribution in [1.82, 2.24) is 4.57 Å². The van der Waals surface area contributed by atoms with Crippen molar-refractivity contribution in [1.29, 1.82) is 0 Å². The molecule has 0 saturated carbocycles. The lowest BCUT2D eigenvalue weighted by Crippen LogP contribution is -2.22. The number of nitrogens with two attached hydrogens (primary N) is 1. The van der Waals surface area contributed by atoms with Crippen LogP contribution in [-0.2, 0) is 20.9 Å². The van der Waals surface area contributed by atoms with E-state index in [1.807, 2.05) is 41.0 Å². The van der Waals surface area contributed by atoms with Gasteiger partial charge in [-0.15, -0.1) is 0 Å². The van der Waals surface area contributed by atoms with Gasteiger partial charge in [-0.3, -0.25) is 14.4 Å². The SMILES string of the molecule is CCC(=O)OCCCOc1ccc2c(c1)c(C(=O)C(N)=O)cn2Cc1ccccc1. The Morgan fingerprint density at radius 2 is 1.80 bits per heavy atom. The van der Waals surface area contributed by atoms with E-state index in [1.54, 1.807) is 25.3 Å². The summed E-state index contributed by atoms with van der Waals surface area (Å²) in [7, 11) is 0. The molecule has 7 nitrogen and oxygen atoms in total. The second-order valence-corrected chi connectivity index (χ2v) is 6.80. The monoisotopic (exact) mass is 408 g/mol. The topological polar surface area (TPSA) is 101 Å². The van der Waals surface area contributed by atoms with Crippen molar-refractivity contribution in [2.45, 2.75) is 26.3 Å². The van der Waals surface area contributed by atoms with Crippen LogP contribution in [0.25, 0.3) is 10.9 Å². The average molecular weight is 408 g/mol. The maximum Gasteiger partial charge on any atom is 0.305 e. The Labute approximate surface area is 174 Å². The Balaban J connectivity index is 1.81. The zero-order valence-electron chi connectivity index (χ0n) is 16.8. The minimum absolute atomic E-state index is 0.245. The van der Waals surface area contributed by atoms with Crippen LogP contribution < -0.4 is 10.5 Å². The minimum atomic E-state index is -1.00. The Kier molecular flexibility index (Phi) is 6.85. The summed E-state index contributed by atoms with van der Waals surface area (Å²) >= 11 is 0. The number of aromatic nitrogens is 1. The molecule has 3 rings (SSSR count). The van der Waals surface area contributed by atoms with Crippen molar-refractivity contribution in [3.63, 3.8) is 0 Å². The number of ketones is 1. The number of fused-ring (bicyclic) bond motifs is 1. The van der Waals surface area contributed by atoms with Crippen LogP contribution in [0.2, 0.25) is 0 Å². The van der Waals surface area contributed by atoms with Gasteiger partial charge in [0.05, 0.1) is 18.8 Å². The zero-order chi connectivity index (χ0) is 21.5. The summed E-state index contributed by atoms with van der Waals surface area (Å²) in [4.78, 5) is 35.0. The van der Waals surface area contributed by atoms with Crippen LogP contribution in [0, 0.1) is 0 Å². The third-order valence-electron chi connectivity index (χ3n) is 4.63. The molecular weight excluding hydrogens is 384 g/mol. The molecule has 0 unspecified atom stereocenters. The van der Waals surface area contributed by atoms with Gasteiger partial charge < -0.3 is 19.8 Å². The quantitative estimate of drug-likeness (QED) is 0.240. The second-order valence-electron chi connectivity index (χ2n) is 6.80. The highest BCUT2D eigenvalue weighted by Crippen LogP contribution is 2.27. The number of nitrogens with zero attached hydrogens (tertiary/aromatic N) is 1. The first kappa shape index (κ1) is 21.1. The summed E-state index contributed by atoms with van der Waals surface area (Å²) in [6.45, 7) is 2.93. The van der Waals surface area contributed by atoms with Crippen molar-refractivity contribution in [2.24, 2.45) is 5.73 Å². The largest absolute Gasteiger partial charge is 0.493 e. The lowest BCUT2D eigenvalue weighted by atomic mass is 10.1. The highest BCUT2D eigenvalue weighted by Gasteiger charge is 2.20. The molecule has 1 aromatic heterocycles. The van der Waals surface area contributed by atoms with Crippen molar-refractivity contribution in [3.8, 4) is 5.75 Å². The van der Waals surface area contributed by atoms with Crippen molar-refractivity contribution >= 4 is 28.6 Å². The smallest absolute Gasteiger partial charge is 0.305 e. The van der Waals surface area contributed by atoms with E-state index in [0.717, 1.165) is 11.1 Å². The maximum atomic E-state index is 12.3. The average Bonchev–Trinajstić information content (AvgIpc) is 3.10. The fourth-order valence-corrected chi connectivity index (χ4v) is 3.13. The molecule has 2 aromatic carbocycles. The van der Waals surface area contributed by atoms with E-state index in [0.29, 0.717) is 37.1 Å². The van der Waals surface area contributed by atoms with Gasteiger partial charge in [0.2, 0.25) is 0 Å². The number of carbonyl (C=O) groups excluding carboxylic acids is 3. The molecule has 0 fully saturated rings. The van der Waals surface area contributed by atoms with Gasteiger partial charge in [0.1, 0.15) is 5.75 Å².